The summed E-state index contributed by atoms with van der Waals surface area (Å²) in [5.41, 5.74) is 1.12. The van der Waals surface area contributed by atoms with Crippen LogP contribution < -0.4 is 0 Å². The first-order valence-corrected chi connectivity index (χ1v) is 6.46. The second-order valence-electron chi connectivity index (χ2n) is 3.20. The van der Waals surface area contributed by atoms with Gasteiger partial charge in [-0.2, -0.15) is 0 Å². The fourth-order valence-corrected chi connectivity index (χ4v) is 2.92. The van der Waals surface area contributed by atoms with Crippen LogP contribution in [0.25, 0.3) is 0 Å². The zero-order valence-corrected chi connectivity index (χ0v) is 11.9. The number of benzene rings is 1. The molecule has 1 aromatic carbocycles. The second-order valence-corrected chi connectivity index (χ2v) is 5.36. The van der Waals surface area contributed by atoms with E-state index < -0.39 is 0 Å². The lowest BCUT2D eigenvalue weighted by molar-refractivity contribution is 0.103. The van der Waals surface area contributed by atoms with Crippen LogP contribution in [-0.2, 0) is 0 Å². The van der Waals surface area contributed by atoms with Crippen LogP contribution in [0.5, 0.6) is 0 Å². The highest BCUT2D eigenvalue weighted by molar-refractivity contribution is 14.1. The predicted molar refractivity (Wildman–Crippen MR) is 74.5 cm³/mol. The molecule has 2 nitrogen and oxygen atoms in total. The number of hydrogen-bond donors (Lipinski definition) is 0. The summed E-state index contributed by atoms with van der Waals surface area (Å²) in [6.45, 7) is 0. The third-order valence-electron chi connectivity index (χ3n) is 2.02. The van der Waals surface area contributed by atoms with E-state index in [0.29, 0.717) is 11.3 Å². The highest BCUT2D eigenvalue weighted by Gasteiger charge is 2.10. The van der Waals surface area contributed by atoms with Crippen LogP contribution in [0.2, 0.25) is 0 Å². The molecule has 4 heteroatoms. The summed E-state index contributed by atoms with van der Waals surface area (Å²) >= 11 is 5.56. The second kappa shape index (κ2) is 5.05. The number of aromatic nitrogens is 1. The van der Waals surface area contributed by atoms with Gasteiger partial charge in [-0.15, -0.1) is 0 Å². The molecule has 0 saturated heterocycles. The SMILES string of the molecule is O=C(c1cc(Br)cc(I)c1)c1ccccn1. The molecule has 2 aromatic rings. The van der Waals surface area contributed by atoms with Crippen LogP contribution in [-0.4, -0.2) is 10.8 Å². The van der Waals surface area contributed by atoms with Gasteiger partial charge in [-0.05, 0) is 52.9 Å². The zero-order chi connectivity index (χ0) is 11.5. The Labute approximate surface area is 115 Å². The summed E-state index contributed by atoms with van der Waals surface area (Å²) in [4.78, 5) is 16.1. The largest absolute Gasteiger partial charge is 0.287 e. The number of rotatable bonds is 2. The van der Waals surface area contributed by atoms with Gasteiger partial charge in [-0.3, -0.25) is 9.78 Å². The van der Waals surface area contributed by atoms with E-state index in [9.17, 15) is 4.79 Å². The molecule has 0 unspecified atom stereocenters. The molecule has 0 aliphatic rings. The smallest absolute Gasteiger partial charge is 0.211 e. The lowest BCUT2D eigenvalue weighted by Crippen LogP contribution is -2.03. The van der Waals surface area contributed by atoms with Crippen LogP contribution in [0, 0.1) is 3.57 Å². The minimum absolute atomic E-state index is 0.0557. The first-order valence-electron chi connectivity index (χ1n) is 4.58. The van der Waals surface area contributed by atoms with Crippen LogP contribution in [0.1, 0.15) is 16.1 Å². The summed E-state index contributed by atoms with van der Waals surface area (Å²) in [5, 5.41) is 0. The number of ketones is 1. The Hall–Kier alpha value is -0.750. The summed E-state index contributed by atoms with van der Waals surface area (Å²) in [6, 6.07) is 10.9. The Kier molecular flexibility index (Phi) is 3.70. The van der Waals surface area contributed by atoms with Crippen molar-refractivity contribution in [2.24, 2.45) is 0 Å². The van der Waals surface area contributed by atoms with Crippen molar-refractivity contribution in [2.75, 3.05) is 0 Å². The molecule has 2 rings (SSSR count). The molecular formula is C12H7BrINO. The number of hydrogen-bond acceptors (Lipinski definition) is 2. The number of carbonyl (C=O) groups is 1. The maximum Gasteiger partial charge on any atom is 0.211 e. The molecule has 0 spiro atoms. The Morgan fingerprint density at radius 1 is 1.25 bits per heavy atom. The van der Waals surface area contributed by atoms with Gasteiger partial charge >= 0.3 is 0 Å². The summed E-state index contributed by atoms with van der Waals surface area (Å²) in [5.74, 6) is -0.0557. The number of nitrogens with zero attached hydrogens (tertiary/aromatic N) is 1. The minimum atomic E-state index is -0.0557. The molecule has 80 valence electrons. The van der Waals surface area contributed by atoms with Crippen molar-refractivity contribution in [1.29, 1.82) is 0 Å². The van der Waals surface area contributed by atoms with Crippen molar-refractivity contribution in [2.45, 2.75) is 0 Å². The molecule has 16 heavy (non-hydrogen) atoms. The summed E-state index contributed by atoms with van der Waals surface area (Å²) < 4.78 is 1.92. The van der Waals surface area contributed by atoms with E-state index in [1.165, 1.54) is 0 Å². The van der Waals surface area contributed by atoms with Gasteiger partial charge in [0.05, 0.1) is 0 Å². The summed E-state index contributed by atoms with van der Waals surface area (Å²) in [7, 11) is 0. The highest BCUT2D eigenvalue weighted by Crippen LogP contribution is 2.19. The van der Waals surface area contributed by atoms with Gasteiger partial charge in [-0.25, -0.2) is 0 Å². The molecule has 0 radical (unpaired) electrons. The maximum absolute atomic E-state index is 12.1. The topological polar surface area (TPSA) is 30.0 Å². The maximum atomic E-state index is 12.1. The minimum Gasteiger partial charge on any atom is -0.287 e. The van der Waals surface area contributed by atoms with E-state index in [1.807, 2.05) is 18.2 Å². The lowest BCUT2D eigenvalue weighted by atomic mass is 10.1. The average Bonchev–Trinajstić information content (AvgIpc) is 2.28. The van der Waals surface area contributed by atoms with E-state index in [2.05, 4.69) is 43.5 Å². The summed E-state index contributed by atoms with van der Waals surface area (Å²) in [6.07, 6.45) is 1.62. The monoisotopic (exact) mass is 387 g/mol. The van der Waals surface area contributed by atoms with Crippen molar-refractivity contribution >= 4 is 44.3 Å². The molecule has 0 bridgehead atoms. The Bertz CT molecular complexity index is 508. The van der Waals surface area contributed by atoms with Gasteiger partial charge < -0.3 is 0 Å². The Balaban J connectivity index is 2.42. The van der Waals surface area contributed by atoms with E-state index in [0.717, 1.165) is 8.04 Å². The molecule has 0 atom stereocenters. The first kappa shape index (κ1) is 11.7. The fraction of sp³-hybridized carbons (Fsp3) is 0. The van der Waals surface area contributed by atoms with Crippen molar-refractivity contribution in [3.63, 3.8) is 0 Å². The van der Waals surface area contributed by atoms with Crippen molar-refractivity contribution in [1.82, 2.24) is 4.98 Å². The first-order chi connectivity index (χ1) is 7.66. The molecule has 0 aliphatic carbocycles. The molecule has 0 amide bonds. The van der Waals surface area contributed by atoms with Crippen molar-refractivity contribution < 1.29 is 4.79 Å². The third-order valence-corrected chi connectivity index (χ3v) is 3.10. The molecule has 0 N–H and O–H groups in total. The molecule has 1 heterocycles. The van der Waals surface area contributed by atoms with Crippen LogP contribution in [0.15, 0.2) is 47.1 Å². The fourth-order valence-electron chi connectivity index (χ4n) is 1.33. The Morgan fingerprint density at radius 3 is 2.69 bits per heavy atom. The van der Waals surface area contributed by atoms with E-state index in [4.69, 9.17) is 0 Å². The van der Waals surface area contributed by atoms with Crippen LogP contribution >= 0.6 is 38.5 Å². The zero-order valence-electron chi connectivity index (χ0n) is 8.15. The van der Waals surface area contributed by atoms with Gasteiger partial charge in [0, 0.05) is 19.8 Å². The van der Waals surface area contributed by atoms with Gasteiger partial charge in [-0.1, -0.05) is 22.0 Å². The average molecular weight is 388 g/mol. The molecule has 0 fully saturated rings. The van der Waals surface area contributed by atoms with Gasteiger partial charge in [0.2, 0.25) is 5.78 Å². The quantitative estimate of drug-likeness (QED) is 0.581. The Morgan fingerprint density at radius 2 is 2.06 bits per heavy atom. The van der Waals surface area contributed by atoms with E-state index in [1.54, 1.807) is 24.4 Å². The number of halogens is 2. The highest BCUT2D eigenvalue weighted by atomic mass is 127. The van der Waals surface area contributed by atoms with E-state index >= 15 is 0 Å². The molecule has 0 aliphatic heterocycles. The third kappa shape index (κ3) is 2.68. The predicted octanol–water partition coefficient (Wildman–Crippen LogP) is 3.68. The molecule has 0 saturated carbocycles. The van der Waals surface area contributed by atoms with Crippen molar-refractivity contribution in [3.8, 4) is 0 Å². The van der Waals surface area contributed by atoms with E-state index in [-0.39, 0.29) is 5.78 Å². The van der Waals surface area contributed by atoms with Crippen LogP contribution in [0.3, 0.4) is 0 Å². The van der Waals surface area contributed by atoms with Gasteiger partial charge in [0.15, 0.2) is 0 Å². The normalized spacial score (nSPS) is 10.1. The number of pyridine rings is 1. The van der Waals surface area contributed by atoms with Gasteiger partial charge in [0.1, 0.15) is 5.69 Å². The molecule has 1 aromatic heterocycles. The standard InChI is InChI=1S/C12H7BrINO/c13-9-5-8(6-10(14)7-9)12(16)11-3-1-2-4-15-11/h1-7H. The molecular weight excluding hydrogens is 381 g/mol. The lowest BCUT2D eigenvalue weighted by Gasteiger charge is -2.02. The van der Waals surface area contributed by atoms with Gasteiger partial charge in [0.25, 0.3) is 0 Å². The van der Waals surface area contributed by atoms with Crippen molar-refractivity contribution in [3.05, 3.63) is 61.9 Å². The van der Waals surface area contributed by atoms with Crippen LogP contribution in [0.4, 0.5) is 0 Å². The number of carbonyl (C=O) groups excluding carboxylic acids is 1.